The third-order valence-corrected chi connectivity index (χ3v) is 5.29. The van der Waals surface area contributed by atoms with Gasteiger partial charge in [-0.2, -0.15) is 0 Å². The zero-order chi connectivity index (χ0) is 15.7. The van der Waals surface area contributed by atoms with Crippen LogP contribution in [-0.2, 0) is 0 Å². The Kier molecular flexibility index (Phi) is 4.45. The summed E-state index contributed by atoms with van der Waals surface area (Å²) >= 11 is 7.73. The molecule has 0 bridgehead atoms. The molecule has 118 valence electrons. The minimum atomic E-state index is 0.190. The van der Waals surface area contributed by atoms with Gasteiger partial charge in [0.1, 0.15) is 6.17 Å². The summed E-state index contributed by atoms with van der Waals surface area (Å²) in [7, 11) is 0. The number of hydrogen-bond donors (Lipinski definition) is 2. The molecule has 1 unspecified atom stereocenters. The van der Waals surface area contributed by atoms with Gasteiger partial charge in [-0.05, 0) is 44.1 Å². The van der Waals surface area contributed by atoms with Gasteiger partial charge in [0.15, 0.2) is 5.96 Å². The SMILES string of the molecule is CCNC1=NC(C)=C2CC(c3ccc(Cl)s3)=CN(CC)C2N1. The van der Waals surface area contributed by atoms with E-state index in [0.717, 1.165) is 35.5 Å². The van der Waals surface area contributed by atoms with E-state index < -0.39 is 0 Å². The first-order valence-electron chi connectivity index (χ1n) is 7.63. The summed E-state index contributed by atoms with van der Waals surface area (Å²) in [4.78, 5) is 8.23. The monoisotopic (exact) mass is 336 g/mol. The van der Waals surface area contributed by atoms with Gasteiger partial charge in [0, 0.05) is 36.3 Å². The average molecular weight is 337 g/mol. The molecule has 22 heavy (non-hydrogen) atoms. The largest absolute Gasteiger partial charge is 0.356 e. The Hall–Kier alpha value is -1.46. The summed E-state index contributed by atoms with van der Waals surface area (Å²) in [5.41, 5.74) is 3.75. The van der Waals surface area contributed by atoms with Crippen LogP contribution in [0.15, 0.2) is 34.6 Å². The third-order valence-electron chi connectivity index (χ3n) is 3.98. The van der Waals surface area contributed by atoms with E-state index in [4.69, 9.17) is 11.6 Å². The Morgan fingerprint density at radius 2 is 2.27 bits per heavy atom. The number of halogens is 1. The summed E-state index contributed by atoms with van der Waals surface area (Å²) < 4.78 is 0.834. The van der Waals surface area contributed by atoms with E-state index >= 15 is 0 Å². The molecule has 1 aromatic rings. The molecule has 0 radical (unpaired) electrons. The lowest BCUT2D eigenvalue weighted by Crippen LogP contribution is -2.54. The summed E-state index contributed by atoms with van der Waals surface area (Å²) in [6, 6.07) is 4.07. The molecule has 2 aliphatic heterocycles. The molecule has 0 saturated carbocycles. The van der Waals surface area contributed by atoms with Crippen molar-refractivity contribution in [3.8, 4) is 0 Å². The number of aliphatic imine (C=N–C) groups is 1. The predicted octanol–water partition coefficient (Wildman–Crippen LogP) is 3.64. The first-order chi connectivity index (χ1) is 10.6. The van der Waals surface area contributed by atoms with E-state index in [9.17, 15) is 0 Å². The predicted molar refractivity (Wildman–Crippen MR) is 95.0 cm³/mol. The Labute approximate surface area is 140 Å². The second-order valence-electron chi connectivity index (χ2n) is 5.41. The second kappa shape index (κ2) is 6.34. The summed E-state index contributed by atoms with van der Waals surface area (Å²) in [5, 5.41) is 6.79. The molecule has 2 aliphatic rings. The molecule has 0 aromatic carbocycles. The zero-order valence-corrected chi connectivity index (χ0v) is 14.7. The van der Waals surface area contributed by atoms with Gasteiger partial charge >= 0.3 is 0 Å². The highest BCUT2D eigenvalue weighted by atomic mass is 35.5. The molecule has 1 aromatic heterocycles. The van der Waals surface area contributed by atoms with Crippen molar-refractivity contribution in [1.29, 1.82) is 0 Å². The van der Waals surface area contributed by atoms with Gasteiger partial charge in [-0.25, -0.2) is 4.99 Å². The Morgan fingerprint density at radius 3 is 2.91 bits per heavy atom. The Bertz CT molecular complexity index is 659. The van der Waals surface area contributed by atoms with E-state index in [2.05, 4.69) is 53.6 Å². The van der Waals surface area contributed by atoms with Crippen LogP contribution in [0.5, 0.6) is 0 Å². The Balaban J connectivity index is 1.96. The van der Waals surface area contributed by atoms with E-state index in [1.54, 1.807) is 11.3 Å². The van der Waals surface area contributed by atoms with Crippen molar-refractivity contribution < 1.29 is 0 Å². The van der Waals surface area contributed by atoms with Crippen LogP contribution in [0.3, 0.4) is 0 Å². The van der Waals surface area contributed by atoms with Crippen LogP contribution >= 0.6 is 22.9 Å². The van der Waals surface area contributed by atoms with Gasteiger partial charge in [-0.1, -0.05) is 11.6 Å². The van der Waals surface area contributed by atoms with E-state index in [0.29, 0.717) is 0 Å². The summed E-state index contributed by atoms with van der Waals surface area (Å²) in [6.45, 7) is 8.15. The van der Waals surface area contributed by atoms with Crippen molar-refractivity contribution in [2.45, 2.75) is 33.4 Å². The molecular weight excluding hydrogens is 316 g/mol. The number of allylic oxidation sites excluding steroid dienone is 2. The van der Waals surface area contributed by atoms with E-state index in [1.165, 1.54) is 16.0 Å². The molecule has 0 spiro atoms. The van der Waals surface area contributed by atoms with Crippen LogP contribution in [0.1, 0.15) is 32.1 Å². The third kappa shape index (κ3) is 2.88. The van der Waals surface area contributed by atoms with Crippen LogP contribution in [-0.4, -0.2) is 30.1 Å². The Morgan fingerprint density at radius 1 is 1.45 bits per heavy atom. The lowest BCUT2D eigenvalue weighted by atomic mass is 9.95. The molecule has 3 rings (SSSR count). The topological polar surface area (TPSA) is 39.7 Å². The highest BCUT2D eigenvalue weighted by Crippen LogP contribution is 2.37. The smallest absolute Gasteiger partial charge is 0.198 e. The molecular formula is C16H21ClN4S. The molecule has 1 atom stereocenters. The van der Waals surface area contributed by atoms with Crippen molar-refractivity contribution in [1.82, 2.24) is 15.5 Å². The minimum Gasteiger partial charge on any atom is -0.356 e. The van der Waals surface area contributed by atoms with Crippen LogP contribution < -0.4 is 10.6 Å². The maximum absolute atomic E-state index is 6.09. The maximum atomic E-state index is 6.09. The highest BCUT2D eigenvalue weighted by molar-refractivity contribution is 7.17. The molecule has 3 heterocycles. The number of hydrogen-bond acceptors (Lipinski definition) is 5. The first kappa shape index (κ1) is 15.4. The maximum Gasteiger partial charge on any atom is 0.198 e. The number of fused-ring (bicyclic) bond motifs is 1. The van der Waals surface area contributed by atoms with Crippen LogP contribution in [0.4, 0.5) is 0 Å². The number of nitrogens with one attached hydrogen (secondary N) is 2. The van der Waals surface area contributed by atoms with E-state index in [-0.39, 0.29) is 6.17 Å². The van der Waals surface area contributed by atoms with Crippen LogP contribution in [0.2, 0.25) is 4.34 Å². The number of thiophene rings is 1. The van der Waals surface area contributed by atoms with Crippen molar-refractivity contribution in [2.24, 2.45) is 4.99 Å². The van der Waals surface area contributed by atoms with Crippen molar-refractivity contribution in [2.75, 3.05) is 13.1 Å². The van der Waals surface area contributed by atoms with Crippen molar-refractivity contribution in [3.63, 3.8) is 0 Å². The summed E-state index contributed by atoms with van der Waals surface area (Å²) in [5.74, 6) is 0.864. The molecule has 4 nitrogen and oxygen atoms in total. The number of likely N-dealkylation sites (N-methyl/N-ethyl adjacent to an activating group) is 1. The van der Waals surface area contributed by atoms with Crippen LogP contribution in [0.25, 0.3) is 5.57 Å². The number of nitrogens with zero attached hydrogens (tertiary/aromatic N) is 2. The lowest BCUT2D eigenvalue weighted by molar-refractivity contribution is 0.289. The lowest BCUT2D eigenvalue weighted by Gasteiger charge is -2.40. The average Bonchev–Trinajstić information content (AvgIpc) is 2.93. The van der Waals surface area contributed by atoms with Gasteiger partial charge in [0.25, 0.3) is 0 Å². The fourth-order valence-corrected chi connectivity index (χ4v) is 3.94. The van der Waals surface area contributed by atoms with Gasteiger partial charge in [-0.15, -0.1) is 11.3 Å². The first-order valence-corrected chi connectivity index (χ1v) is 8.82. The molecule has 6 heteroatoms. The van der Waals surface area contributed by atoms with Crippen LogP contribution in [0, 0.1) is 0 Å². The number of rotatable bonds is 3. The molecule has 0 saturated heterocycles. The standard InChI is InChI=1S/C16H21ClN4S/c1-4-18-16-19-10(3)12-8-11(13-6-7-14(17)22-13)9-21(5-2)15(12)20-16/h6-7,9,15H,4-5,8H2,1-3H3,(H2,18,19,20). The molecule has 0 amide bonds. The minimum absolute atomic E-state index is 0.190. The zero-order valence-electron chi connectivity index (χ0n) is 13.1. The summed E-state index contributed by atoms with van der Waals surface area (Å²) in [6.07, 6.45) is 3.36. The quantitative estimate of drug-likeness (QED) is 0.885. The molecule has 0 fully saturated rings. The highest BCUT2D eigenvalue weighted by Gasteiger charge is 2.31. The van der Waals surface area contributed by atoms with Gasteiger partial charge in [0.2, 0.25) is 0 Å². The van der Waals surface area contributed by atoms with Crippen molar-refractivity contribution >= 4 is 34.5 Å². The van der Waals surface area contributed by atoms with Gasteiger partial charge < -0.3 is 15.5 Å². The second-order valence-corrected chi connectivity index (χ2v) is 7.13. The van der Waals surface area contributed by atoms with E-state index in [1.807, 2.05) is 6.07 Å². The van der Waals surface area contributed by atoms with Gasteiger partial charge in [-0.3, -0.25) is 0 Å². The molecule has 0 aliphatic carbocycles. The fraction of sp³-hybridized carbons (Fsp3) is 0.438. The molecule has 2 N–H and O–H groups in total. The van der Waals surface area contributed by atoms with Gasteiger partial charge in [0.05, 0.1) is 4.34 Å². The van der Waals surface area contributed by atoms with Crippen molar-refractivity contribution in [3.05, 3.63) is 38.8 Å². The normalized spacial score (nSPS) is 21.1. The fourth-order valence-electron chi connectivity index (χ4n) is 2.89. The number of guanidine groups is 1.